The zero-order chi connectivity index (χ0) is 5.11. The van der Waals surface area contributed by atoms with Crippen molar-refractivity contribution in [3.05, 3.63) is 5.70 Å². The first-order valence-electron chi connectivity index (χ1n) is 2.16. The van der Waals surface area contributed by atoms with Crippen molar-refractivity contribution in [1.29, 1.82) is 0 Å². The Hall–Kier alpha value is -0.790. The van der Waals surface area contributed by atoms with Crippen molar-refractivity contribution in [2.45, 2.75) is 6.42 Å². The molecule has 0 amide bonds. The lowest BCUT2D eigenvalue weighted by Gasteiger charge is -1.86. The normalized spacial score (nSPS) is 18.6. The largest absolute Gasteiger partial charge is 0.315 e. The first-order chi connectivity index (χ1) is 3.43. The molecule has 1 saturated heterocycles. The van der Waals surface area contributed by atoms with Crippen LogP contribution in [0.1, 0.15) is 6.42 Å². The van der Waals surface area contributed by atoms with Gasteiger partial charge in [0.1, 0.15) is 11.6 Å². The Bertz CT molecular complexity index is 107. The summed E-state index contributed by atoms with van der Waals surface area (Å²) in [6, 6.07) is 0. The fraction of sp³-hybridized carbons (Fsp3) is 0.500. The van der Waals surface area contributed by atoms with Crippen molar-refractivity contribution in [2.24, 2.45) is 0 Å². The highest BCUT2D eigenvalue weighted by atomic mass is 16.1. The van der Waals surface area contributed by atoms with Gasteiger partial charge in [-0.2, -0.15) is 0 Å². The van der Waals surface area contributed by atoms with Crippen molar-refractivity contribution >= 4 is 5.94 Å². The quantitative estimate of drug-likeness (QED) is 0.390. The first kappa shape index (κ1) is 4.37. The smallest absolute Gasteiger partial charge is 0.146 e. The highest BCUT2D eigenvalue weighted by Crippen LogP contribution is 1.92. The molecule has 0 saturated carbocycles. The summed E-state index contributed by atoms with van der Waals surface area (Å²) in [5.41, 5.74) is 6.05. The van der Waals surface area contributed by atoms with Crippen LogP contribution in [0.5, 0.6) is 0 Å². The molecule has 1 aliphatic heterocycles. The molecule has 1 aliphatic rings. The molecule has 38 valence electrons. The van der Waals surface area contributed by atoms with E-state index >= 15 is 0 Å². The van der Waals surface area contributed by atoms with Gasteiger partial charge in [0.05, 0.1) is 0 Å². The zero-order valence-corrected chi connectivity index (χ0v) is 3.82. The van der Waals surface area contributed by atoms with E-state index in [0.29, 0.717) is 5.70 Å². The minimum Gasteiger partial charge on any atom is -0.315 e. The lowest BCUT2D eigenvalue weighted by molar-refractivity contribution is 0.564. The van der Waals surface area contributed by atoms with E-state index in [9.17, 15) is 4.79 Å². The van der Waals surface area contributed by atoms with Crippen LogP contribution in [0.15, 0.2) is 5.70 Å². The molecule has 0 aromatic rings. The number of carbonyl (C=O) groups excluding carboxylic acids is 1. The summed E-state index contributed by atoms with van der Waals surface area (Å²) < 4.78 is 0. The predicted molar refractivity (Wildman–Crippen MR) is 25.0 cm³/mol. The number of hydrogen-bond acceptors (Lipinski definition) is 3. The summed E-state index contributed by atoms with van der Waals surface area (Å²) in [6.07, 6.45) is 0.781. The third-order valence-corrected chi connectivity index (χ3v) is 0.862. The van der Waals surface area contributed by atoms with Gasteiger partial charge in [-0.05, 0) is 0 Å². The summed E-state index contributed by atoms with van der Waals surface area (Å²) in [4.78, 5) is 9.74. The second-order valence-corrected chi connectivity index (χ2v) is 1.38. The van der Waals surface area contributed by atoms with Crippen LogP contribution in [-0.4, -0.2) is 12.5 Å². The second kappa shape index (κ2) is 1.78. The monoisotopic (exact) mass is 98.0 g/mol. The molecule has 0 aromatic heterocycles. The van der Waals surface area contributed by atoms with Crippen molar-refractivity contribution in [3.63, 3.8) is 0 Å². The molecule has 0 unspecified atom stereocenters. The molecule has 1 rings (SSSR count). The molecule has 1 heterocycles. The van der Waals surface area contributed by atoms with Crippen molar-refractivity contribution in [3.8, 4) is 0 Å². The Morgan fingerprint density at radius 2 is 2.57 bits per heavy atom. The molecule has 3 heteroatoms. The minimum atomic E-state index is 0.625. The molecule has 0 atom stereocenters. The standard InChI is InChI=1S/C4H6N2O/c7-3-4-1-2-5-6-4/h5-6H,1-2H2. The maximum atomic E-state index is 9.74. The van der Waals surface area contributed by atoms with Gasteiger partial charge in [-0.1, -0.05) is 0 Å². The molecule has 0 bridgehead atoms. The molecule has 3 nitrogen and oxygen atoms in total. The van der Waals surface area contributed by atoms with E-state index in [1.165, 1.54) is 0 Å². The van der Waals surface area contributed by atoms with E-state index in [1.807, 2.05) is 0 Å². The lowest BCUT2D eigenvalue weighted by Crippen LogP contribution is -2.20. The zero-order valence-electron chi connectivity index (χ0n) is 3.82. The fourth-order valence-electron chi connectivity index (χ4n) is 0.496. The van der Waals surface area contributed by atoms with Gasteiger partial charge in [-0.15, -0.1) is 0 Å². The van der Waals surface area contributed by atoms with E-state index in [4.69, 9.17) is 0 Å². The van der Waals surface area contributed by atoms with Crippen LogP contribution in [0.25, 0.3) is 0 Å². The molecule has 0 radical (unpaired) electrons. The lowest BCUT2D eigenvalue weighted by atomic mass is 10.4. The van der Waals surface area contributed by atoms with Gasteiger partial charge in [0, 0.05) is 13.0 Å². The van der Waals surface area contributed by atoms with E-state index in [0.717, 1.165) is 13.0 Å². The van der Waals surface area contributed by atoms with Gasteiger partial charge in [-0.3, -0.25) is 0 Å². The van der Waals surface area contributed by atoms with Crippen LogP contribution < -0.4 is 10.9 Å². The first-order valence-corrected chi connectivity index (χ1v) is 2.16. The van der Waals surface area contributed by atoms with Gasteiger partial charge >= 0.3 is 0 Å². The highest BCUT2D eigenvalue weighted by molar-refractivity contribution is 5.51. The Labute approximate surface area is 41.4 Å². The molecule has 7 heavy (non-hydrogen) atoms. The molecule has 0 aromatic carbocycles. The molecule has 0 spiro atoms. The molecule has 1 fully saturated rings. The average Bonchev–Trinajstić information content (AvgIpc) is 2.14. The Balaban J connectivity index is 2.57. The number of nitrogens with one attached hydrogen (secondary N) is 2. The van der Waals surface area contributed by atoms with Crippen LogP contribution in [0.3, 0.4) is 0 Å². The van der Waals surface area contributed by atoms with Gasteiger partial charge in [-0.25, -0.2) is 10.2 Å². The highest BCUT2D eigenvalue weighted by Gasteiger charge is 2.02. The summed E-state index contributed by atoms with van der Waals surface area (Å²) in [7, 11) is 0. The summed E-state index contributed by atoms with van der Waals surface area (Å²) >= 11 is 0. The maximum absolute atomic E-state index is 9.74. The second-order valence-electron chi connectivity index (χ2n) is 1.38. The molecule has 2 N–H and O–H groups in total. The van der Waals surface area contributed by atoms with Crippen LogP contribution in [0, 0.1) is 0 Å². The Morgan fingerprint density at radius 3 is 2.86 bits per heavy atom. The van der Waals surface area contributed by atoms with Crippen LogP contribution in [-0.2, 0) is 4.79 Å². The van der Waals surface area contributed by atoms with Crippen molar-refractivity contribution in [1.82, 2.24) is 10.9 Å². The molecular formula is C4H6N2O. The number of hydrazine groups is 1. The summed E-state index contributed by atoms with van der Waals surface area (Å²) in [5, 5.41) is 0. The van der Waals surface area contributed by atoms with Crippen LogP contribution in [0.4, 0.5) is 0 Å². The fourth-order valence-corrected chi connectivity index (χ4v) is 0.496. The van der Waals surface area contributed by atoms with Gasteiger partial charge in [0.2, 0.25) is 0 Å². The predicted octanol–water partition coefficient (Wildman–Crippen LogP) is -0.800. The van der Waals surface area contributed by atoms with Gasteiger partial charge < -0.3 is 5.43 Å². The van der Waals surface area contributed by atoms with Gasteiger partial charge in [0.25, 0.3) is 0 Å². The number of rotatable bonds is 0. The van der Waals surface area contributed by atoms with Crippen LogP contribution >= 0.6 is 0 Å². The Morgan fingerprint density at radius 1 is 1.71 bits per heavy atom. The van der Waals surface area contributed by atoms with E-state index < -0.39 is 0 Å². The summed E-state index contributed by atoms with van der Waals surface area (Å²) in [5.74, 6) is 1.76. The minimum absolute atomic E-state index is 0.625. The number of hydrogen-bond donors (Lipinski definition) is 2. The average molecular weight is 98.1 g/mol. The summed E-state index contributed by atoms with van der Waals surface area (Å²) in [6.45, 7) is 0.838. The van der Waals surface area contributed by atoms with Crippen molar-refractivity contribution < 1.29 is 4.79 Å². The maximum Gasteiger partial charge on any atom is 0.146 e. The SMILES string of the molecule is O=C=C1CCNN1. The molecular weight excluding hydrogens is 92.1 g/mol. The topological polar surface area (TPSA) is 41.1 Å². The van der Waals surface area contributed by atoms with E-state index in [-0.39, 0.29) is 0 Å². The third-order valence-electron chi connectivity index (χ3n) is 0.862. The van der Waals surface area contributed by atoms with E-state index in [1.54, 1.807) is 5.94 Å². The Kier molecular flexibility index (Phi) is 1.11. The third kappa shape index (κ3) is 0.796. The van der Waals surface area contributed by atoms with Crippen LogP contribution in [0.2, 0.25) is 0 Å². The molecule has 0 aliphatic carbocycles. The van der Waals surface area contributed by atoms with Gasteiger partial charge in [0.15, 0.2) is 0 Å². The van der Waals surface area contributed by atoms with E-state index in [2.05, 4.69) is 10.9 Å². The van der Waals surface area contributed by atoms with Crippen molar-refractivity contribution in [2.75, 3.05) is 6.54 Å².